The van der Waals surface area contributed by atoms with E-state index in [1.54, 1.807) is 31.2 Å². The summed E-state index contributed by atoms with van der Waals surface area (Å²) in [6.07, 6.45) is -2.23. The largest absolute Gasteiger partial charge is 0.489 e. The van der Waals surface area contributed by atoms with Crippen LogP contribution in [0.4, 0.5) is 18.9 Å². The van der Waals surface area contributed by atoms with Gasteiger partial charge >= 0.3 is 6.18 Å². The zero-order valence-corrected chi connectivity index (χ0v) is 25.0. The van der Waals surface area contributed by atoms with E-state index in [4.69, 9.17) is 9.47 Å². The molecule has 5 rings (SSSR count). The molecule has 0 radical (unpaired) electrons. The van der Waals surface area contributed by atoms with Crippen LogP contribution in [-0.4, -0.2) is 63.2 Å². The first-order valence-corrected chi connectivity index (χ1v) is 16.2. The molecule has 1 unspecified atom stereocenters. The average molecular weight is 633 g/mol. The summed E-state index contributed by atoms with van der Waals surface area (Å²) in [5, 5.41) is 12.7. The number of anilines is 1. The number of ether oxygens (including phenoxy) is 2. The van der Waals surface area contributed by atoms with Gasteiger partial charge in [0.25, 0.3) is 5.91 Å². The Kier molecular flexibility index (Phi) is 9.52. The number of carbonyl (C=O) groups excluding carboxylic acids is 1. The molecule has 236 valence electrons. The van der Waals surface area contributed by atoms with Crippen LogP contribution >= 0.6 is 0 Å². The molecule has 0 spiro atoms. The highest BCUT2D eigenvalue weighted by molar-refractivity contribution is 7.91. The van der Waals surface area contributed by atoms with Gasteiger partial charge in [0.15, 0.2) is 9.84 Å². The van der Waals surface area contributed by atoms with Crippen LogP contribution in [0.3, 0.4) is 0 Å². The Morgan fingerprint density at radius 3 is 2.32 bits per heavy atom. The summed E-state index contributed by atoms with van der Waals surface area (Å²) in [6, 6.07) is 17.1. The Balaban J connectivity index is 1.27. The van der Waals surface area contributed by atoms with Gasteiger partial charge in [-0.15, -0.1) is 0 Å². The van der Waals surface area contributed by atoms with Crippen molar-refractivity contribution in [1.29, 1.82) is 0 Å². The topological polar surface area (TPSA) is 105 Å². The van der Waals surface area contributed by atoms with E-state index in [2.05, 4.69) is 10.2 Å². The Morgan fingerprint density at radius 2 is 1.75 bits per heavy atom. The second kappa shape index (κ2) is 13.2. The van der Waals surface area contributed by atoms with Crippen LogP contribution in [0.25, 0.3) is 0 Å². The van der Waals surface area contributed by atoms with E-state index in [0.29, 0.717) is 36.4 Å². The molecule has 3 aromatic rings. The number of amides is 1. The van der Waals surface area contributed by atoms with Crippen molar-refractivity contribution in [3.05, 3.63) is 89.5 Å². The lowest BCUT2D eigenvalue weighted by molar-refractivity contribution is -0.137. The Bertz CT molecular complexity index is 1520. The maximum Gasteiger partial charge on any atom is 0.416 e. The van der Waals surface area contributed by atoms with Crippen molar-refractivity contribution in [3.63, 3.8) is 0 Å². The van der Waals surface area contributed by atoms with Crippen LogP contribution in [0.2, 0.25) is 0 Å². The number of hydrogen-bond donors (Lipinski definition) is 2. The van der Waals surface area contributed by atoms with Crippen molar-refractivity contribution in [2.24, 2.45) is 0 Å². The third-order valence-corrected chi connectivity index (χ3v) is 9.90. The lowest BCUT2D eigenvalue weighted by Crippen LogP contribution is -2.38. The number of nitrogens with zero attached hydrogens (tertiary/aromatic N) is 1. The number of sulfone groups is 1. The molecule has 2 fully saturated rings. The Labute approximate surface area is 254 Å². The van der Waals surface area contributed by atoms with Gasteiger partial charge in [0.05, 0.1) is 47.6 Å². The fourth-order valence-electron chi connectivity index (χ4n) is 5.74. The Morgan fingerprint density at radius 1 is 1.07 bits per heavy atom. The van der Waals surface area contributed by atoms with Crippen LogP contribution < -0.4 is 15.0 Å². The molecule has 2 N–H and O–H groups in total. The first kappa shape index (κ1) is 31.8. The van der Waals surface area contributed by atoms with E-state index < -0.39 is 33.5 Å². The molecular formula is C32H35F3N2O6S. The third kappa shape index (κ3) is 7.19. The number of rotatable bonds is 10. The van der Waals surface area contributed by atoms with Crippen molar-refractivity contribution in [2.75, 3.05) is 30.4 Å². The second-order valence-corrected chi connectivity index (χ2v) is 13.3. The molecule has 0 aromatic heterocycles. The average Bonchev–Trinajstić information content (AvgIpc) is 3.70. The van der Waals surface area contributed by atoms with Gasteiger partial charge in [-0.1, -0.05) is 19.1 Å². The highest BCUT2D eigenvalue weighted by Crippen LogP contribution is 2.35. The van der Waals surface area contributed by atoms with Crippen molar-refractivity contribution in [2.45, 2.75) is 61.5 Å². The summed E-state index contributed by atoms with van der Waals surface area (Å²) < 4.78 is 75.2. The summed E-state index contributed by atoms with van der Waals surface area (Å²) in [6.45, 7) is 2.35. The summed E-state index contributed by atoms with van der Waals surface area (Å²) in [4.78, 5) is 15.4. The molecule has 0 bridgehead atoms. The van der Waals surface area contributed by atoms with Gasteiger partial charge in [-0.2, -0.15) is 13.2 Å². The fourth-order valence-corrected chi connectivity index (χ4v) is 6.62. The van der Waals surface area contributed by atoms with Crippen LogP contribution in [-0.2, 0) is 20.8 Å². The lowest BCUT2D eigenvalue weighted by Gasteiger charge is -2.30. The van der Waals surface area contributed by atoms with Gasteiger partial charge in [-0.3, -0.25) is 4.79 Å². The molecular weight excluding hydrogens is 597 g/mol. The summed E-state index contributed by atoms with van der Waals surface area (Å²) in [5.41, 5.74) is 1.07. The fraction of sp³-hybridized carbons (Fsp3) is 0.406. The monoisotopic (exact) mass is 632 g/mol. The minimum absolute atomic E-state index is 0.00473. The van der Waals surface area contributed by atoms with Crippen LogP contribution in [0, 0.1) is 0 Å². The van der Waals surface area contributed by atoms with Gasteiger partial charge < -0.3 is 24.8 Å². The minimum Gasteiger partial charge on any atom is -0.489 e. The molecule has 2 aliphatic rings. The van der Waals surface area contributed by atoms with Crippen molar-refractivity contribution in [3.8, 4) is 5.75 Å². The zero-order valence-electron chi connectivity index (χ0n) is 24.2. The zero-order chi connectivity index (χ0) is 31.5. The molecule has 8 nitrogen and oxygen atoms in total. The van der Waals surface area contributed by atoms with E-state index in [-0.39, 0.29) is 35.5 Å². The number of aliphatic hydroxyl groups is 1. The van der Waals surface area contributed by atoms with Crippen molar-refractivity contribution >= 4 is 21.4 Å². The summed E-state index contributed by atoms with van der Waals surface area (Å²) in [7, 11) is -3.37. The minimum atomic E-state index is -4.42. The number of aliphatic hydroxyl groups excluding tert-OH is 1. The summed E-state index contributed by atoms with van der Waals surface area (Å²) >= 11 is 0. The standard InChI is InChI=1S/C32H35F3N2O6S/c1-2-44(40,41)27-15-7-21(8-16-27)28(20-38)36-31(39)22-5-11-24(12-6-22)37-19-26(18-29(37)30-4-3-17-42-30)43-25-13-9-23(10-14-25)32(33,34)35/h5-16,26,28-30,38H,2-4,17-20H2,1H3,(H,36,39)/t26-,28+,29+,30?/m1/s1. The maximum atomic E-state index is 13.1. The molecule has 3 aromatic carbocycles. The summed E-state index contributed by atoms with van der Waals surface area (Å²) in [5.74, 6) is -0.0641. The number of halogens is 3. The number of carbonyl (C=O) groups is 1. The first-order chi connectivity index (χ1) is 21.0. The normalized spacial score (nSPS) is 21.3. The van der Waals surface area contributed by atoms with Gasteiger partial charge in [-0.25, -0.2) is 8.42 Å². The van der Waals surface area contributed by atoms with Crippen LogP contribution in [0.5, 0.6) is 5.75 Å². The van der Waals surface area contributed by atoms with Crippen LogP contribution in [0.15, 0.2) is 77.7 Å². The highest BCUT2D eigenvalue weighted by Gasteiger charge is 2.40. The number of nitrogens with one attached hydrogen (secondary N) is 1. The van der Waals surface area contributed by atoms with E-state index in [1.807, 2.05) is 12.1 Å². The van der Waals surface area contributed by atoms with Crippen LogP contribution in [0.1, 0.15) is 53.7 Å². The SMILES string of the molecule is CCS(=O)(=O)c1ccc([C@H](CO)NC(=O)c2ccc(N3C[C@H](Oc4ccc(C(F)(F)F)cc4)C[C@H]3C3CCCO3)cc2)cc1. The molecule has 2 saturated heterocycles. The maximum absolute atomic E-state index is 13.1. The van der Waals surface area contributed by atoms with Crippen molar-refractivity contribution < 1.29 is 41.0 Å². The van der Waals surface area contributed by atoms with Gasteiger partial charge in [0, 0.05) is 24.3 Å². The second-order valence-electron chi connectivity index (χ2n) is 11.0. The molecule has 0 saturated carbocycles. The lowest BCUT2D eigenvalue weighted by atomic mass is 10.0. The van der Waals surface area contributed by atoms with Gasteiger partial charge in [-0.05, 0) is 79.1 Å². The predicted molar refractivity (Wildman–Crippen MR) is 158 cm³/mol. The smallest absolute Gasteiger partial charge is 0.416 e. The molecule has 1 amide bonds. The molecule has 4 atom stereocenters. The Hall–Kier alpha value is -3.61. The van der Waals surface area contributed by atoms with Gasteiger partial charge in [0.1, 0.15) is 11.9 Å². The molecule has 0 aliphatic carbocycles. The van der Waals surface area contributed by atoms with E-state index in [0.717, 1.165) is 30.7 Å². The third-order valence-electron chi connectivity index (χ3n) is 8.15. The van der Waals surface area contributed by atoms with E-state index >= 15 is 0 Å². The number of benzene rings is 3. The predicted octanol–water partition coefficient (Wildman–Crippen LogP) is 5.17. The molecule has 12 heteroatoms. The van der Waals surface area contributed by atoms with E-state index in [1.165, 1.54) is 24.3 Å². The molecule has 2 aliphatic heterocycles. The first-order valence-electron chi connectivity index (χ1n) is 14.5. The number of alkyl halides is 3. The molecule has 44 heavy (non-hydrogen) atoms. The highest BCUT2D eigenvalue weighted by atomic mass is 32.2. The van der Waals surface area contributed by atoms with Gasteiger partial charge in [0.2, 0.25) is 0 Å². The number of hydrogen-bond acceptors (Lipinski definition) is 7. The quantitative estimate of drug-likeness (QED) is 0.318. The van der Waals surface area contributed by atoms with E-state index in [9.17, 15) is 31.5 Å². The van der Waals surface area contributed by atoms with Crippen molar-refractivity contribution in [1.82, 2.24) is 5.32 Å². The molecule has 2 heterocycles.